The minimum atomic E-state index is 0.0774. The van der Waals surface area contributed by atoms with Gasteiger partial charge in [0.25, 0.3) is 0 Å². The smallest absolute Gasteiger partial charge is 0.317 e. The Morgan fingerprint density at radius 1 is 1.19 bits per heavy atom. The molecule has 2 amide bonds. The summed E-state index contributed by atoms with van der Waals surface area (Å²) >= 11 is 0. The molecular weight excluding hydrogens is 260 g/mol. The summed E-state index contributed by atoms with van der Waals surface area (Å²) in [6, 6.07) is 10.5. The van der Waals surface area contributed by atoms with Crippen LogP contribution in [0.2, 0.25) is 0 Å². The number of amides is 2. The van der Waals surface area contributed by atoms with Gasteiger partial charge < -0.3 is 10.2 Å². The maximum Gasteiger partial charge on any atom is 0.317 e. The van der Waals surface area contributed by atoms with Crippen LogP contribution < -0.4 is 5.32 Å². The molecule has 0 heterocycles. The maximum atomic E-state index is 12.0. The Morgan fingerprint density at radius 2 is 1.90 bits per heavy atom. The summed E-state index contributed by atoms with van der Waals surface area (Å²) in [6.07, 6.45) is 8.61. The normalized spacial score (nSPS) is 15.7. The molecule has 1 aliphatic carbocycles. The number of hydrogen-bond donors (Lipinski definition) is 1. The van der Waals surface area contributed by atoms with Crippen LogP contribution in [0.5, 0.6) is 0 Å². The van der Waals surface area contributed by atoms with Gasteiger partial charge in [-0.3, -0.25) is 0 Å². The van der Waals surface area contributed by atoms with Crippen molar-refractivity contribution in [3.8, 4) is 0 Å². The quantitative estimate of drug-likeness (QED) is 0.793. The molecule has 21 heavy (non-hydrogen) atoms. The van der Waals surface area contributed by atoms with Gasteiger partial charge >= 0.3 is 6.03 Å². The number of carbonyl (C=O) groups is 1. The molecule has 1 aromatic rings. The lowest BCUT2D eigenvalue weighted by molar-refractivity contribution is 0.192. The van der Waals surface area contributed by atoms with Crippen molar-refractivity contribution < 1.29 is 4.79 Å². The summed E-state index contributed by atoms with van der Waals surface area (Å²) in [5.41, 5.74) is 1.34. The van der Waals surface area contributed by atoms with E-state index in [1.165, 1.54) is 37.7 Å². The summed E-state index contributed by atoms with van der Waals surface area (Å²) in [6.45, 7) is 1.66. The SMILES string of the molecule is CN(CC1CCCCC1)C(=O)NCCCc1ccccc1. The third-order valence-electron chi connectivity index (χ3n) is 4.36. The second-order valence-corrected chi connectivity index (χ2v) is 6.21. The largest absolute Gasteiger partial charge is 0.338 e. The van der Waals surface area contributed by atoms with Crippen LogP contribution in [0.3, 0.4) is 0 Å². The van der Waals surface area contributed by atoms with Gasteiger partial charge in [0.05, 0.1) is 0 Å². The monoisotopic (exact) mass is 288 g/mol. The van der Waals surface area contributed by atoms with Crippen molar-refractivity contribution in [2.24, 2.45) is 5.92 Å². The molecular formula is C18H28N2O. The average Bonchev–Trinajstić information content (AvgIpc) is 2.53. The van der Waals surface area contributed by atoms with Crippen LogP contribution in [0.15, 0.2) is 30.3 Å². The molecule has 1 saturated carbocycles. The second kappa shape index (κ2) is 8.71. The molecule has 0 atom stereocenters. The number of nitrogens with zero attached hydrogens (tertiary/aromatic N) is 1. The van der Waals surface area contributed by atoms with Gasteiger partial charge in [0.1, 0.15) is 0 Å². The van der Waals surface area contributed by atoms with Crippen molar-refractivity contribution in [3.05, 3.63) is 35.9 Å². The predicted octanol–water partition coefficient (Wildman–Crippen LogP) is 3.84. The van der Waals surface area contributed by atoms with Crippen LogP contribution >= 0.6 is 0 Å². The van der Waals surface area contributed by atoms with E-state index in [0.717, 1.165) is 25.9 Å². The molecule has 1 aromatic carbocycles. The zero-order valence-electron chi connectivity index (χ0n) is 13.2. The number of nitrogens with one attached hydrogen (secondary N) is 1. The van der Waals surface area contributed by atoms with Crippen molar-refractivity contribution in [1.29, 1.82) is 0 Å². The number of hydrogen-bond acceptors (Lipinski definition) is 1. The van der Waals surface area contributed by atoms with Gasteiger partial charge in [-0.1, -0.05) is 49.6 Å². The third kappa shape index (κ3) is 5.78. The van der Waals surface area contributed by atoms with E-state index in [4.69, 9.17) is 0 Å². The minimum absolute atomic E-state index is 0.0774. The van der Waals surface area contributed by atoms with E-state index in [0.29, 0.717) is 5.92 Å². The first kappa shape index (κ1) is 15.9. The van der Waals surface area contributed by atoms with E-state index in [9.17, 15) is 4.79 Å². The molecule has 0 bridgehead atoms. The first-order valence-electron chi connectivity index (χ1n) is 8.28. The summed E-state index contributed by atoms with van der Waals surface area (Å²) in [5.74, 6) is 0.707. The van der Waals surface area contributed by atoms with Crippen LogP contribution in [0.1, 0.15) is 44.1 Å². The fourth-order valence-corrected chi connectivity index (χ4v) is 3.11. The summed E-state index contributed by atoms with van der Waals surface area (Å²) in [7, 11) is 1.92. The number of aryl methyl sites for hydroxylation is 1. The molecule has 1 N–H and O–H groups in total. The van der Waals surface area contributed by atoms with Gasteiger partial charge in [-0.2, -0.15) is 0 Å². The molecule has 3 heteroatoms. The van der Waals surface area contributed by atoms with Crippen molar-refractivity contribution in [1.82, 2.24) is 10.2 Å². The molecule has 0 radical (unpaired) electrons. The first-order chi connectivity index (χ1) is 10.3. The summed E-state index contributed by atoms with van der Waals surface area (Å²) in [4.78, 5) is 13.9. The fraction of sp³-hybridized carbons (Fsp3) is 0.611. The molecule has 3 nitrogen and oxygen atoms in total. The molecule has 0 spiro atoms. The van der Waals surface area contributed by atoms with E-state index in [-0.39, 0.29) is 6.03 Å². The second-order valence-electron chi connectivity index (χ2n) is 6.21. The Morgan fingerprint density at radius 3 is 2.62 bits per heavy atom. The first-order valence-corrected chi connectivity index (χ1v) is 8.28. The number of urea groups is 1. The van der Waals surface area contributed by atoms with Gasteiger partial charge in [0, 0.05) is 20.1 Å². The van der Waals surface area contributed by atoms with Crippen LogP contribution in [0.25, 0.3) is 0 Å². The van der Waals surface area contributed by atoms with Crippen molar-refractivity contribution in [2.75, 3.05) is 20.1 Å². The van der Waals surface area contributed by atoms with E-state index < -0.39 is 0 Å². The van der Waals surface area contributed by atoms with Gasteiger partial charge in [0.15, 0.2) is 0 Å². The van der Waals surface area contributed by atoms with Crippen LogP contribution in [0.4, 0.5) is 4.79 Å². The Balaban J connectivity index is 1.60. The Hall–Kier alpha value is -1.51. The third-order valence-corrected chi connectivity index (χ3v) is 4.36. The van der Waals surface area contributed by atoms with Crippen LogP contribution in [-0.4, -0.2) is 31.1 Å². The lowest BCUT2D eigenvalue weighted by Crippen LogP contribution is -2.40. The van der Waals surface area contributed by atoms with Gasteiger partial charge in [0.2, 0.25) is 0 Å². The highest BCUT2D eigenvalue weighted by atomic mass is 16.2. The highest BCUT2D eigenvalue weighted by Gasteiger charge is 2.17. The summed E-state index contributed by atoms with van der Waals surface area (Å²) in [5, 5.41) is 3.03. The highest BCUT2D eigenvalue weighted by molar-refractivity contribution is 5.73. The molecule has 0 unspecified atom stereocenters. The Labute approximate surface area is 128 Å². The van der Waals surface area contributed by atoms with E-state index in [1.807, 2.05) is 18.0 Å². The Bertz CT molecular complexity index is 412. The van der Waals surface area contributed by atoms with E-state index in [1.54, 1.807) is 0 Å². The molecule has 0 saturated heterocycles. The minimum Gasteiger partial charge on any atom is -0.338 e. The van der Waals surface area contributed by atoms with Crippen molar-refractivity contribution >= 4 is 6.03 Å². The van der Waals surface area contributed by atoms with Gasteiger partial charge in [-0.25, -0.2) is 4.79 Å². The zero-order valence-corrected chi connectivity index (χ0v) is 13.2. The number of carbonyl (C=O) groups excluding carboxylic acids is 1. The van der Waals surface area contributed by atoms with Crippen LogP contribution in [-0.2, 0) is 6.42 Å². The molecule has 0 aliphatic heterocycles. The van der Waals surface area contributed by atoms with Gasteiger partial charge in [-0.05, 0) is 37.2 Å². The number of benzene rings is 1. The number of rotatable bonds is 6. The maximum absolute atomic E-state index is 12.0. The Kier molecular flexibility index (Phi) is 6.58. The van der Waals surface area contributed by atoms with Crippen LogP contribution in [0, 0.1) is 5.92 Å². The lowest BCUT2D eigenvalue weighted by atomic mass is 9.89. The molecule has 1 fully saturated rings. The highest BCUT2D eigenvalue weighted by Crippen LogP contribution is 2.24. The standard InChI is InChI=1S/C18H28N2O/c1-20(15-17-11-6-3-7-12-17)18(21)19-14-8-13-16-9-4-2-5-10-16/h2,4-5,9-10,17H,3,6-8,11-15H2,1H3,(H,19,21). The molecule has 1 aliphatic rings. The van der Waals surface area contributed by atoms with E-state index >= 15 is 0 Å². The predicted molar refractivity (Wildman–Crippen MR) is 87.4 cm³/mol. The lowest BCUT2D eigenvalue weighted by Gasteiger charge is -2.27. The summed E-state index contributed by atoms with van der Waals surface area (Å²) < 4.78 is 0. The van der Waals surface area contributed by atoms with Gasteiger partial charge in [-0.15, -0.1) is 0 Å². The molecule has 116 valence electrons. The molecule has 0 aromatic heterocycles. The average molecular weight is 288 g/mol. The van der Waals surface area contributed by atoms with Crippen molar-refractivity contribution in [3.63, 3.8) is 0 Å². The fourth-order valence-electron chi connectivity index (χ4n) is 3.11. The topological polar surface area (TPSA) is 32.3 Å². The zero-order chi connectivity index (χ0) is 14.9. The van der Waals surface area contributed by atoms with E-state index in [2.05, 4.69) is 29.6 Å². The molecule has 2 rings (SSSR count). The van der Waals surface area contributed by atoms with Crippen molar-refractivity contribution in [2.45, 2.75) is 44.9 Å².